The molecule has 0 heterocycles. The second-order valence-corrected chi connectivity index (χ2v) is 5.07. The smallest absolute Gasteiger partial charge is 0.0474 e. The van der Waals surface area contributed by atoms with Crippen LogP contribution in [0.1, 0.15) is 39.0 Å². The van der Waals surface area contributed by atoms with E-state index in [2.05, 4.69) is 18.9 Å². The zero-order valence-electron chi connectivity index (χ0n) is 11.2. The van der Waals surface area contributed by atoms with Crippen molar-refractivity contribution in [2.45, 2.75) is 44.6 Å². The van der Waals surface area contributed by atoms with Crippen molar-refractivity contribution in [2.75, 3.05) is 33.9 Å². The Morgan fingerprint density at radius 1 is 1.50 bits per heavy atom. The second-order valence-electron chi connectivity index (χ2n) is 5.07. The maximum atomic E-state index is 6.07. The molecule has 0 saturated heterocycles. The molecule has 0 bridgehead atoms. The number of hydrogen-bond donors (Lipinski definition) is 1. The SMILES string of the molecule is CCC1CCCC1(CN)N(C)CCCOC. The summed E-state index contributed by atoms with van der Waals surface area (Å²) in [5, 5.41) is 0. The molecule has 3 heteroatoms. The van der Waals surface area contributed by atoms with E-state index in [1.165, 1.54) is 25.7 Å². The van der Waals surface area contributed by atoms with Gasteiger partial charge in [-0.05, 0) is 32.2 Å². The van der Waals surface area contributed by atoms with Gasteiger partial charge in [0.25, 0.3) is 0 Å². The average molecular weight is 228 g/mol. The van der Waals surface area contributed by atoms with Crippen molar-refractivity contribution in [3.05, 3.63) is 0 Å². The number of methoxy groups -OCH3 is 1. The number of nitrogens with zero attached hydrogens (tertiary/aromatic N) is 1. The first-order chi connectivity index (χ1) is 7.71. The lowest BCUT2D eigenvalue weighted by Gasteiger charge is -2.43. The van der Waals surface area contributed by atoms with Gasteiger partial charge in [0, 0.05) is 32.3 Å². The van der Waals surface area contributed by atoms with Gasteiger partial charge in [0.15, 0.2) is 0 Å². The number of nitrogens with two attached hydrogens (primary N) is 1. The number of rotatable bonds is 7. The molecule has 0 aromatic carbocycles. The first kappa shape index (κ1) is 13.9. The van der Waals surface area contributed by atoms with Crippen LogP contribution in [0.4, 0.5) is 0 Å². The fourth-order valence-corrected chi connectivity index (χ4v) is 3.31. The Labute approximate surface area is 100 Å². The molecule has 0 amide bonds. The number of likely N-dealkylation sites (N-methyl/N-ethyl adjacent to an activating group) is 1. The van der Waals surface area contributed by atoms with Crippen LogP contribution >= 0.6 is 0 Å². The van der Waals surface area contributed by atoms with Gasteiger partial charge in [0.1, 0.15) is 0 Å². The summed E-state index contributed by atoms with van der Waals surface area (Å²) in [6, 6.07) is 0. The highest BCUT2D eigenvalue weighted by molar-refractivity contribution is 5.00. The highest BCUT2D eigenvalue weighted by atomic mass is 16.5. The van der Waals surface area contributed by atoms with Crippen LogP contribution in [0.2, 0.25) is 0 Å². The zero-order valence-corrected chi connectivity index (χ0v) is 11.2. The van der Waals surface area contributed by atoms with E-state index in [4.69, 9.17) is 10.5 Å². The monoisotopic (exact) mass is 228 g/mol. The molecule has 0 radical (unpaired) electrons. The molecule has 3 nitrogen and oxygen atoms in total. The molecule has 0 aliphatic heterocycles. The largest absolute Gasteiger partial charge is 0.385 e. The fourth-order valence-electron chi connectivity index (χ4n) is 3.31. The predicted molar refractivity (Wildman–Crippen MR) is 68.5 cm³/mol. The maximum absolute atomic E-state index is 6.07. The quantitative estimate of drug-likeness (QED) is 0.676. The van der Waals surface area contributed by atoms with E-state index < -0.39 is 0 Å². The van der Waals surface area contributed by atoms with Gasteiger partial charge in [-0.15, -0.1) is 0 Å². The topological polar surface area (TPSA) is 38.5 Å². The molecular weight excluding hydrogens is 200 g/mol. The van der Waals surface area contributed by atoms with Crippen molar-refractivity contribution in [1.29, 1.82) is 0 Å². The Morgan fingerprint density at radius 3 is 2.81 bits per heavy atom. The van der Waals surface area contributed by atoms with Gasteiger partial charge in [0.2, 0.25) is 0 Å². The van der Waals surface area contributed by atoms with Crippen molar-refractivity contribution in [3.8, 4) is 0 Å². The lowest BCUT2D eigenvalue weighted by atomic mass is 9.83. The second kappa shape index (κ2) is 6.58. The summed E-state index contributed by atoms with van der Waals surface area (Å²) >= 11 is 0. The van der Waals surface area contributed by atoms with E-state index >= 15 is 0 Å². The Hall–Kier alpha value is -0.120. The lowest BCUT2D eigenvalue weighted by Crippen LogP contribution is -2.54. The molecule has 16 heavy (non-hydrogen) atoms. The van der Waals surface area contributed by atoms with Crippen molar-refractivity contribution in [3.63, 3.8) is 0 Å². The van der Waals surface area contributed by atoms with Gasteiger partial charge < -0.3 is 10.5 Å². The van der Waals surface area contributed by atoms with E-state index in [-0.39, 0.29) is 5.54 Å². The van der Waals surface area contributed by atoms with Crippen LogP contribution in [0.25, 0.3) is 0 Å². The third-order valence-corrected chi connectivity index (χ3v) is 4.37. The Bertz CT molecular complexity index is 198. The standard InChI is InChI=1S/C13H28N2O/c1-4-12-7-5-8-13(12,11-14)15(2)9-6-10-16-3/h12H,4-11,14H2,1-3H3. The molecule has 2 N–H and O–H groups in total. The van der Waals surface area contributed by atoms with Crippen LogP contribution in [-0.4, -0.2) is 44.3 Å². The Balaban J connectivity index is 2.56. The molecule has 0 aromatic heterocycles. The van der Waals surface area contributed by atoms with Crippen LogP contribution in [0.15, 0.2) is 0 Å². The van der Waals surface area contributed by atoms with Crippen molar-refractivity contribution in [2.24, 2.45) is 11.7 Å². The molecule has 1 fully saturated rings. The van der Waals surface area contributed by atoms with Gasteiger partial charge in [-0.25, -0.2) is 0 Å². The summed E-state index contributed by atoms with van der Waals surface area (Å²) < 4.78 is 5.12. The highest BCUT2D eigenvalue weighted by Gasteiger charge is 2.43. The van der Waals surface area contributed by atoms with Gasteiger partial charge in [-0.3, -0.25) is 4.90 Å². The van der Waals surface area contributed by atoms with Gasteiger partial charge in [0.05, 0.1) is 0 Å². The number of hydrogen-bond acceptors (Lipinski definition) is 3. The number of ether oxygens (including phenoxy) is 1. The lowest BCUT2D eigenvalue weighted by molar-refractivity contribution is 0.0710. The summed E-state index contributed by atoms with van der Waals surface area (Å²) in [6.45, 7) is 5.04. The van der Waals surface area contributed by atoms with Crippen molar-refractivity contribution in [1.82, 2.24) is 4.90 Å². The zero-order chi connectivity index (χ0) is 12.0. The molecule has 96 valence electrons. The molecule has 2 atom stereocenters. The normalized spacial score (nSPS) is 30.2. The van der Waals surface area contributed by atoms with Crippen LogP contribution in [0.3, 0.4) is 0 Å². The third-order valence-electron chi connectivity index (χ3n) is 4.37. The van der Waals surface area contributed by atoms with Gasteiger partial charge in [-0.2, -0.15) is 0 Å². The average Bonchev–Trinajstić information content (AvgIpc) is 2.73. The summed E-state index contributed by atoms with van der Waals surface area (Å²) in [6.07, 6.45) is 6.31. The van der Waals surface area contributed by atoms with E-state index in [9.17, 15) is 0 Å². The first-order valence-corrected chi connectivity index (χ1v) is 6.61. The predicted octanol–water partition coefficient (Wildman–Crippen LogP) is 1.86. The maximum Gasteiger partial charge on any atom is 0.0474 e. The summed E-state index contributed by atoms with van der Waals surface area (Å²) in [7, 11) is 4.00. The minimum absolute atomic E-state index is 0.266. The Kier molecular flexibility index (Phi) is 5.73. The van der Waals surface area contributed by atoms with Crippen LogP contribution < -0.4 is 5.73 Å². The molecule has 2 unspecified atom stereocenters. The molecule has 0 spiro atoms. The van der Waals surface area contributed by atoms with Crippen LogP contribution in [0.5, 0.6) is 0 Å². The van der Waals surface area contributed by atoms with Gasteiger partial charge in [-0.1, -0.05) is 19.8 Å². The minimum atomic E-state index is 0.266. The summed E-state index contributed by atoms with van der Waals surface area (Å²) in [5.74, 6) is 0.782. The van der Waals surface area contributed by atoms with E-state index in [0.717, 1.165) is 32.0 Å². The summed E-state index contributed by atoms with van der Waals surface area (Å²) in [4.78, 5) is 2.49. The molecule has 0 aromatic rings. The minimum Gasteiger partial charge on any atom is -0.385 e. The Morgan fingerprint density at radius 2 is 2.25 bits per heavy atom. The molecule has 1 rings (SSSR count). The fraction of sp³-hybridized carbons (Fsp3) is 1.00. The molecule has 1 aliphatic rings. The van der Waals surface area contributed by atoms with Crippen molar-refractivity contribution < 1.29 is 4.74 Å². The van der Waals surface area contributed by atoms with Crippen molar-refractivity contribution >= 4 is 0 Å². The van der Waals surface area contributed by atoms with Gasteiger partial charge >= 0.3 is 0 Å². The van der Waals surface area contributed by atoms with Crippen LogP contribution in [-0.2, 0) is 4.74 Å². The van der Waals surface area contributed by atoms with E-state index in [0.29, 0.717) is 0 Å². The third kappa shape index (κ3) is 2.76. The van der Waals surface area contributed by atoms with E-state index in [1.54, 1.807) is 7.11 Å². The van der Waals surface area contributed by atoms with Crippen LogP contribution in [0, 0.1) is 5.92 Å². The summed E-state index contributed by atoms with van der Waals surface area (Å²) in [5.41, 5.74) is 6.33. The molecule has 1 aliphatic carbocycles. The van der Waals surface area contributed by atoms with E-state index in [1.807, 2.05) is 0 Å². The molecule has 1 saturated carbocycles. The highest BCUT2D eigenvalue weighted by Crippen LogP contribution is 2.41. The first-order valence-electron chi connectivity index (χ1n) is 6.61. The molecular formula is C13H28N2O.